The number of carbonyl (C=O) groups is 1. The lowest BCUT2D eigenvalue weighted by Gasteiger charge is -2.37. The number of likely N-dealkylation sites (tertiary alicyclic amines) is 1. The molecule has 0 atom stereocenters. The molecule has 110 valence electrons. The van der Waals surface area contributed by atoms with Crippen LogP contribution >= 0.6 is 0 Å². The summed E-state index contributed by atoms with van der Waals surface area (Å²) in [5.74, 6) is 0. The molecule has 1 aliphatic rings. The Morgan fingerprint density at radius 1 is 1.30 bits per heavy atom. The van der Waals surface area contributed by atoms with Gasteiger partial charge in [0.25, 0.3) is 0 Å². The Morgan fingerprint density at radius 2 is 1.90 bits per heavy atom. The molecule has 1 aliphatic heterocycles. The Morgan fingerprint density at radius 3 is 2.50 bits per heavy atom. The summed E-state index contributed by atoms with van der Waals surface area (Å²) in [5.41, 5.74) is 7.25. The minimum Gasteiger partial charge on any atom is -0.399 e. The van der Waals surface area contributed by atoms with Crippen LogP contribution < -0.4 is 16.4 Å². The average molecular weight is 276 g/mol. The van der Waals surface area contributed by atoms with Crippen molar-refractivity contribution < 1.29 is 4.79 Å². The van der Waals surface area contributed by atoms with Crippen LogP contribution in [0.3, 0.4) is 0 Å². The summed E-state index contributed by atoms with van der Waals surface area (Å²) >= 11 is 0. The van der Waals surface area contributed by atoms with Crippen LogP contribution in [0, 0.1) is 5.41 Å². The minimum absolute atomic E-state index is 0.157. The fourth-order valence-corrected chi connectivity index (χ4v) is 2.37. The first-order chi connectivity index (χ1) is 9.47. The van der Waals surface area contributed by atoms with Crippen molar-refractivity contribution in [1.82, 2.24) is 10.2 Å². The summed E-state index contributed by atoms with van der Waals surface area (Å²) in [6.07, 6.45) is 2.23. The van der Waals surface area contributed by atoms with Crippen molar-refractivity contribution in [2.75, 3.05) is 37.7 Å². The standard InChI is InChI=1S/C15H24N4O/c1-15(7-9-19(2)10-8-15)11-17-14(20)18-13-5-3-12(16)4-6-13/h3-6H,7-11,16H2,1-2H3,(H2,17,18,20). The van der Waals surface area contributed by atoms with Crippen molar-refractivity contribution in [3.8, 4) is 0 Å². The maximum absolute atomic E-state index is 11.9. The van der Waals surface area contributed by atoms with Gasteiger partial charge in [0.05, 0.1) is 0 Å². The lowest BCUT2D eigenvalue weighted by atomic mass is 9.80. The first-order valence-electron chi connectivity index (χ1n) is 7.06. The van der Waals surface area contributed by atoms with E-state index in [1.54, 1.807) is 24.3 Å². The molecule has 0 aromatic heterocycles. The van der Waals surface area contributed by atoms with Crippen LogP contribution in [0.4, 0.5) is 16.2 Å². The molecule has 0 aliphatic carbocycles. The number of carbonyl (C=O) groups excluding carboxylic acids is 1. The second-order valence-corrected chi connectivity index (χ2v) is 6.04. The van der Waals surface area contributed by atoms with Crippen LogP contribution in [0.5, 0.6) is 0 Å². The summed E-state index contributed by atoms with van der Waals surface area (Å²) in [4.78, 5) is 14.2. The third-order valence-corrected chi connectivity index (χ3v) is 4.04. The number of nitrogens with zero attached hydrogens (tertiary/aromatic N) is 1. The van der Waals surface area contributed by atoms with Gasteiger partial charge in [-0.25, -0.2) is 4.79 Å². The summed E-state index contributed by atoms with van der Waals surface area (Å²) in [5, 5.41) is 5.79. The molecule has 0 radical (unpaired) electrons. The Labute approximate surface area is 120 Å². The Bertz CT molecular complexity index is 449. The molecule has 0 unspecified atom stereocenters. The smallest absolute Gasteiger partial charge is 0.319 e. The third-order valence-electron chi connectivity index (χ3n) is 4.04. The number of nitrogen functional groups attached to an aromatic ring is 1. The highest BCUT2D eigenvalue weighted by Gasteiger charge is 2.29. The molecule has 5 nitrogen and oxygen atoms in total. The number of nitrogens with two attached hydrogens (primary N) is 1. The first-order valence-corrected chi connectivity index (χ1v) is 7.06. The van der Waals surface area contributed by atoms with Crippen LogP contribution in [0.1, 0.15) is 19.8 Å². The summed E-state index contributed by atoms with van der Waals surface area (Å²) in [7, 11) is 2.14. The van der Waals surface area contributed by atoms with E-state index in [-0.39, 0.29) is 11.4 Å². The third kappa shape index (κ3) is 4.13. The van der Waals surface area contributed by atoms with Gasteiger partial charge in [-0.05, 0) is 62.7 Å². The number of hydrogen-bond donors (Lipinski definition) is 3. The second-order valence-electron chi connectivity index (χ2n) is 6.04. The molecule has 1 saturated heterocycles. The van der Waals surface area contributed by atoms with Crippen molar-refractivity contribution in [3.05, 3.63) is 24.3 Å². The maximum Gasteiger partial charge on any atom is 0.319 e. The van der Waals surface area contributed by atoms with Gasteiger partial charge in [0.2, 0.25) is 0 Å². The second kappa shape index (κ2) is 6.13. The normalized spacial score (nSPS) is 18.5. The van der Waals surface area contributed by atoms with Gasteiger partial charge >= 0.3 is 6.03 Å². The van der Waals surface area contributed by atoms with Crippen LogP contribution in [-0.2, 0) is 0 Å². The molecule has 1 aromatic rings. The monoisotopic (exact) mass is 276 g/mol. The first kappa shape index (κ1) is 14.7. The van der Waals surface area contributed by atoms with Gasteiger partial charge < -0.3 is 21.3 Å². The molecule has 20 heavy (non-hydrogen) atoms. The van der Waals surface area contributed by atoms with E-state index in [0.29, 0.717) is 12.2 Å². The van der Waals surface area contributed by atoms with Crippen molar-refractivity contribution in [3.63, 3.8) is 0 Å². The molecule has 2 rings (SSSR count). The van der Waals surface area contributed by atoms with E-state index in [2.05, 4.69) is 29.5 Å². The zero-order valence-electron chi connectivity index (χ0n) is 12.3. The maximum atomic E-state index is 11.9. The molecule has 1 heterocycles. The number of rotatable bonds is 3. The zero-order valence-corrected chi connectivity index (χ0v) is 12.3. The average Bonchev–Trinajstić information content (AvgIpc) is 2.43. The number of hydrogen-bond acceptors (Lipinski definition) is 3. The lowest BCUT2D eigenvalue weighted by molar-refractivity contribution is 0.139. The zero-order chi connectivity index (χ0) is 14.6. The quantitative estimate of drug-likeness (QED) is 0.741. The largest absolute Gasteiger partial charge is 0.399 e. The summed E-state index contributed by atoms with van der Waals surface area (Å²) in [6.45, 7) is 5.14. The molecule has 5 heteroatoms. The van der Waals surface area contributed by atoms with Gasteiger partial charge in [-0.3, -0.25) is 0 Å². The van der Waals surface area contributed by atoms with E-state index in [1.807, 2.05) is 0 Å². The molecule has 2 amide bonds. The molecule has 0 spiro atoms. The molecule has 4 N–H and O–H groups in total. The van der Waals surface area contributed by atoms with E-state index in [9.17, 15) is 4.79 Å². The van der Waals surface area contributed by atoms with Crippen molar-refractivity contribution in [2.24, 2.45) is 5.41 Å². The molecular weight excluding hydrogens is 252 g/mol. The van der Waals surface area contributed by atoms with E-state index in [0.717, 1.165) is 31.6 Å². The van der Waals surface area contributed by atoms with Crippen molar-refractivity contribution in [1.29, 1.82) is 0 Å². The Hall–Kier alpha value is -1.75. The van der Waals surface area contributed by atoms with Gasteiger partial charge in [0.15, 0.2) is 0 Å². The molecule has 1 fully saturated rings. The lowest BCUT2D eigenvalue weighted by Crippen LogP contribution is -2.44. The van der Waals surface area contributed by atoms with Crippen LogP contribution in [0.25, 0.3) is 0 Å². The summed E-state index contributed by atoms with van der Waals surface area (Å²) < 4.78 is 0. The van der Waals surface area contributed by atoms with E-state index >= 15 is 0 Å². The van der Waals surface area contributed by atoms with Gasteiger partial charge in [0.1, 0.15) is 0 Å². The van der Waals surface area contributed by atoms with E-state index in [1.165, 1.54) is 0 Å². The Balaban J connectivity index is 1.79. The highest BCUT2D eigenvalue weighted by molar-refractivity contribution is 5.89. The number of amides is 2. The SMILES string of the molecule is CN1CCC(C)(CNC(=O)Nc2ccc(N)cc2)CC1. The number of piperidine rings is 1. The van der Waals surface area contributed by atoms with Crippen molar-refractivity contribution in [2.45, 2.75) is 19.8 Å². The van der Waals surface area contributed by atoms with Gasteiger partial charge in [-0.15, -0.1) is 0 Å². The minimum atomic E-state index is -0.157. The highest BCUT2D eigenvalue weighted by atomic mass is 16.2. The van der Waals surface area contributed by atoms with Crippen LogP contribution in [-0.4, -0.2) is 37.6 Å². The van der Waals surface area contributed by atoms with Gasteiger partial charge in [-0.1, -0.05) is 6.92 Å². The van der Waals surface area contributed by atoms with E-state index in [4.69, 9.17) is 5.73 Å². The predicted octanol–water partition coefficient (Wildman–Crippen LogP) is 2.12. The number of urea groups is 1. The van der Waals surface area contributed by atoms with Crippen molar-refractivity contribution >= 4 is 17.4 Å². The molecular formula is C15H24N4O. The number of anilines is 2. The topological polar surface area (TPSA) is 70.4 Å². The highest BCUT2D eigenvalue weighted by Crippen LogP contribution is 2.29. The Kier molecular flexibility index (Phi) is 4.49. The number of nitrogens with one attached hydrogen (secondary N) is 2. The molecule has 0 saturated carbocycles. The predicted molar refractivity (Wildman–Crippen MR) is 82.7 cm³/mol. The van der Waals surface area contributed by atoms with Gasteiger partial charge in [0, 0.05) is 17.9 Å². The summed E-state index contributed by atoms with van der Waals surface area (Å²) in [6, 6.07) is 6.98. The van der Waals surface area contributed by atoms with Crippen LogP contribution in [0.15, 0.2) is 24.3 Å². The fourth-order valence-electron chi connectivity index (χ4n) is 2.37. The van der Waals surface area contributed by atoms with E-state index < -0.39 is 0 Å². The van der Waals surface area contributed by atoms with Crippen LogP contribution in [0.2, 0.25) is 0 Å². The van der Waals surface area contributed by atoms with Gasteiger partial charge in [-0.2, -0.15) is 0 Å². The fraction of sp³-hybridized carbons (Fsp3) is 0.533. The molecule has 1 aromatic carbocycles. The number of benzene rings is 1. The molecule has 0 bridgehead atoms.